The zero-order chi connectivity index (χ0) is 17.7. The van der Waals surface area contributed by atoms with Crippen LogP contribution in [0.1, 0.15) is 38.7 Å². The van der Waals surface area contributed by atoms with Crippen LogP contribution in [-0.2, 0) is 11.2 Å². The maximum Gasteiger partial charge on any atom is 0.317 e. The summed E-state index contributed by atoms with van der Waals surface area (Å²) in [6.07, 6.45) is 4.30. The lowest BCUT2D eigenvalue weighted by molar-refractivity contribution is 0.0209. The van der Waals surface area contributed by atoms with E-state index >= 15 is 0 Å². The van der Waals surface area contributed by atoms with Crippen LogP contribution in [0, 0.1) is 5.41 Å². The molecule has 1 N–H and O–H groups in total. The molecule has 2 aliphatic heterocycles. The van der Waals surface area contributed by atoms with Gasteiger partial charge in [-0.3, -0.25) is 0 Å². The number of nitrogens with one attached hydrogen (secondary N) is 1. The fourth-order valence-corrected chi connectivity index (χ4v) is 3.75. The highest BCUT2D eigenvalue weighted by Gasteiger charge is 2.40. The number of rotatable bonds is 5. The molecule has 0 unspecified atom stereocenters. The Balaban J connectivity index is 1.41. The van der Waals surface area contributed by atoms with Crippen molar-refractivity contribution < 1.29 is 14.3 Å². The predicted molar refractivity (Wildman–Crippen MR) is 98.0 cm³/mol. The van der Waals surface area contributed by atoms with Crippen LogP contribution in [0.2, 0.25) is 0 Å². The van der Waals surface area contributed by atoms with Gasteiger partial charge in [0.05, 0.1) is 6.10 Å². The summed E-state index contributed by atoms with van der Waals surface area (Å²) in [7, 11) is 0. The summed E-state index contributed by atoms with van der Waals surface area (Å²) in [6, 6.07) is 8.19. The van der Waals surface area contributed by atoms with Crippen molar-refractivity contribution in [3.63, 3.8) is 0 Å². The maximum atomic E-state index is 12.4. The Morgan fingerprint density at radius 3 is 2.64 bits per heavy atom. The number of amides is 2. The van der Waals surface area contributed by atoms with Gasteiger partial charge in [0.15, 0.2) is 0 Å². The largest absolute Gasteiger partial charge is 0.491 e. The van der Waals surface area contributed by atoms with E-state index in [0.29, 0.717) is 12.0 Å². The van der Waals surface area contributed by atoms with Crippen LogP contribution in [0.3, 0.4) is 0 Å². The van der Waals surface area contributed by atoms with Crippen molar-refractivity contribution in [2.45, 2.75) is 45.6 Å². The van der Waals surface area contributed by atoms with E-state index in [9.17, 15) is 4.79 Å². The number of nitrogens with zero attached hydrogens (tertiary/aromatic N) is 1. The summed E-state index contributed by atoms with van der Waals surface area (Å²) in [4.78, 5) is 14.4. The summed E-state index contributed by atoms with van der Waals surface area (Å²) in [6.45, 7) is 8.13. The molecule has 25 heavy (non-hydrogen) atoms. The first-order chi connectivity index (χ1) is 12.1. The third-order valence-corrected chi connectivity index (χ3v) is 5.26. The van der Waals surface area contributed by atoms with E-state index in [4.69, 9.17) is 9.47 Å². The SMILES string of the molecule is CC(C)Oc1ccc(CCNC(=O)N2CCC3(CCOCC3)C2)cc1. The van der Waals surface area contributed by atoms with Crippen molar-refractivity contribution in [1.29, 1.82) is 0 Å². The summed E-state index contributed by atoms with van der Waals surface area (Å²) >= 11 is 0. The third-order valence-electron chi connectivity index (χ3n) is 5.26. The predicted octanol–water partition coefficient (Wildman–Crippen LogP) is 3.23. The molecular formula is C20H30N2O3. The number of carbonyl (C=O) groups is 1. The molecule has 2 amide bonds. The first-order valence-electron chi connectivity index (χ1n) is 9.42. The summed E-state index contributed by atoms with van der Waals surface area (Å²) in [5, 5.41) is 3.07. The van der Waals surface area contributed by atoms with E-state index in [1.54, 1.807) is 0 Å². The molecule has 1 aromatic rings. The minimum absolute atomic E-state index is 0.0723. The molecule has 1 aromatic carbocycles. The standard InChI is InChI=1S/C20H30N2O3/c1-16(2)25-18-5-3-17(4-6-18)7-11-21-19(23)22-12-8-20(15-22)9-13-24-14-10-20/h3-6,16H,7-15H2,1-2H3,(H,21,23). The van der Waals surface area contributed by atoms with Gasteiger partial charge in [-0.2, -0.15) is 0 Å². The Bertz CT molecular complexity index is 565. The Morgan fingerprint density at radius 1 is 1.24 bits per heavy atom. The highest BCUT2D eigenvalue weighted by Crippen LogP contribution is 2.39. The molecule has 5 heteroatoms. The van der Waals surface area contributed by atoms with E-state index in [-0.39, 0.29) is 12.1 Å². The monoisotopic (exact) mass is 346 g/mol. The maximum absolute atomic E-state index is 12.4. The number of hydrogen-bond donors (Lipinski definition) is 1. The molecule has 0 aliphatic carbocycles. The van der Waals surface area contributed by atoms with Crippen molar-refractivity contribution in [3.8, 4) is 5.75 Å². The first kappa shape index (κ1) is 18.1. The molecule has 1 spiro atoms. The van der Waals surface area contributed by atoms with Gasteiger partial charge in [-0.1, -0.05) is 12.1 Å². The fourth-order valence-electron chi connectivity index (χ4n) is 3.75. The van der Waals surface area contributed by atoms with Crippen molar-refractivity contribution in [2.75, 3.05) is 32.8 Å². The molecular weight excluding hydrogens is 316 g/mol. The molecule has 2 fully saturated rings. The Labute approximate surface area is 150 Å². The van der Waals surface area contributed by atoms with Gasteiger partial charge in [-0.05, 0) is 62.6 Å². The third kappa shape index (κ3) is 4.88. The van der Waals surface area contributed by atoms with Crippen molar-refractivity contribution in [1.82, 2.24) is 10.2 Å². The summed E-state index contributed by atoms with van der Waals surface area (Å²) < 4.78 is 11.1. The number of benzene rings is 1. The lowest BCUT2D eigenvalue weighted by Gasteiger charge is -2.33. The second-order valence-corrected chi connectivity index (χ2v) is 7.58. The normalized spacial score (nSPS) is 19.4. The molecule has 2 saturated heterocycles. The zero-order valence-electron chi connectivity index (χ0n) is 15.4. The van der Waals surface area contributed by atoms with Crippen LogP contribution in [0.5, 0.6) is 5.75 Å². The minimum atomic E-state index is 0.0723. The average Bonchev–Trinajstić information content (AvgIpc) is 3.00. The lowest BCUT2D eigenvalue weighted by Crippen LogP contribution is -2.41. The molecule has 0 bridgehead atoms. The molecule has 0 saturated carbocycles. The molecule has 2 heterocycles. The van der Waals surface area contributed by atoms with Crippen molar-refractivity contribution in [2.24, 2.45) is 5.41 Å². The van der Waals surface area contributed by atoms with Gasteiger partial charge in [0.1, 0.15) is 5.75 Å². The van der Waals surface area contributed by atoms with Gasteiger partial charge >= 0.3 is 6.03 Å². The number of urea groups is 1. The molecule has 138 valence electrons. The first-order valence-corrected chi connectivity index (χ1v) is 9.42. The molecule has 0 aromatic heterocycles. The highest BCUT2D eigenvalue weighted by atomic mass is 16.5. The fraction of sp³-hybridized carbons (Fsp3) is 0.650. The summed E-state index contributed by atoms with van der Waals surface area (Å²) in [5.41, 5.74) is 1.51. The Kier molecular flexibility index (Phi) is 5.84. The van der Waals surface area contributed by atoms with Crippen LogP contribution in [0.15, 0.2) is 24.3 Å². The van der Waals surface area contributed by atoms with Crippen LogP contribution in [0.4, 0.5) is 4.79 Å². The van der Waals surface area contributed by atoms with Crippen LogP contribution in [0.25, 0.3) is 0 Å². The van der Waals surface area contributed by atoms with Gasteiger partial charge < -0.3 is 19.7 Å². The van der Waals surface area contributed by atoms with Gasteiger partial charge in [0.25, 0.3) is 0 Å². The molecule has 5 nitrogen and oxygen atoms in total. The van der Waals surface area contributed by atoms with E-state index in [1.807, 2.05) is 30.9 Å². The summed E-state index contributed by atoms with van der Waals surface area (Å²) in [5.74, 6) is 0.890. The number of ether oxygens (including phenoxy) is 2. The van der Waals surface area contributed by atoms with Crippen molar-refractivity contribution >= 4 is 6.03 Å². The number of carbonyl (C=O) groups excluding carboxylic acids is 1. The van der Waals surface area contributed by atoms with Crippen LogP contribution in [-0.4, -0.2) is 49.9 Å². The van der Waals surface area contributed by atoms with Crippen molar-refractivity contribution in [3.05, 3.63) is 29.8 Å². The van der Waals surface area contributed by atoms with Gasteiger partial charge in [0.2, 0.25) is 0 Å². The topological polar surface area (TPSA) is 50.8 Å². The Morgan fingerprint density at radius 2 is 1.96 bits per heavy atom. The molecule has 2 aliphatic rings. The highest BCUT2D eigenvalue weighted by molar-refractivity contribution is 5.74. The second kappa shape index (κ2) is 8.09. The second-order valence-electron chi connectivity index (χ2n) is 7.58. The van der Waals surface area contributed by atoms with Gasteiger partial charge in [0, 0.05) is 32.8 Å². The van der Waals surface area contributed by atoms with Gasteiger partial charge in [-0.25, -0.2) is 4.79 Å². The molecule has 0 atom stereocenters. The lowest BCUT2D eigenvalue weighted by atomic mass is 9.80. The minimum Gasteiger partial charge on any atom is -0.491 e. The van der Waals surface area contributed by atoms with E-state index in [2.05, 4.69) is 17.4 Å². The molecule has 0 radical (unpaired) electrons. The smallest absolute Gasteiger partial charge is 0.317 e. The quantitative estimate of drug-likeness (QED) is 0.890. The average molecular weight is 346 g/mol. The number of hydrogen-bond acceptors (Lipinski definition) is 3. The van der Waals surface area contributed by atoms with E-state index in [1.165, 1.54) is 5.56 Å². The van der Waals surface area contributed by atoms with Crippen LogP contribution >= 0.6 is 0 Å². The number of likely N-dealkylation sites (tertiary alicyclic amines) is 1. The van der Waals surface area contributed by atoms with Crippen LogP contribution < -0.4 is 10.1 Å². The Hall–Kier alpha value is -1.75. The molecule has 3 rings (SSSR count). The van der Waals surface area contributed by atoms with Gasteiger partial charge in [-0.15, -0.1) is 0 Å². The van der Waals surface area contributed by atoms with E-state index < -0.39 is 0 Å². The zero-order valence-corrected chi connectivity index (χ0v) is 15.4. The van der Waals surface area contributed by atoms with E-state index in [0.717, 1.165) is 57.7 Å².